The van der Waals surface area contributed by atoms with E-state index in [0.29, 0.717) is 18.7 Å². The van der Waals surface area contributed by atoms with Gasteiger partial charge in [0.15, 0.2) is 0 Å². The average Bonchev–Trinajstić information content (AvgIpc) is 3.33. The lowest BCUT2D eigenvalue weighted by Gasteiger charge is -2.42. The first-order chi connectivity index (χ1) is 22.0. The van der Waals surface area contributed by atoms with Crippen molar-refractivity contribution in [2.75, 3.05) is 26.8 Å². The lowest BCUT2D eigenvalue weighted by Crippen LogP contribution is -2.42. The number of para-hydroxylation sites is 1. The number of aromatic nitrogens is 2. The third-order valence-electron chi connectivity index (χ3n) is 9.65. The number of nitrogens with zero attached hydrogens (tertiary/aromatic N) is 3. The minimum absolute atomic E-state index is 0.00998. The second-order valence-electron chi connectivity index (χ2n) is 12.7. The highest BCUT2D eigenvalue weighted by Crippen LogP contribution is 2.54. The van der Waals surface area contributed by atoms with Crippen molar-refractivity contribution in [2.24, 2.45) is 0 Å². The molecule has 7 rings (SSSR count). The SMILES string of the molecule is COC(=O)c1ccc2nc(CN3CCC(c4cccc5c4OC(C)(c4ccc(Cl)cc4F)CC5(F)F)CC3)n(CC3CCO3)c2c1. The van der Waals surface area contributed by atoms with Crippen LogP contribution in [0, 0.1) is 5.82 Å². The standard InChI is InChI=1S/C35H35ClF3N3O4/c1-34(26-8-7-23(36)17-28(26)37)20-35(38,39)27-5-3-4-25(32(27)46-34)21-10-13-41(14-11-21)19-31-40-29-9-6-22(33(43)44-2)16-30(29)42(31)18-24-12-15-45-24/h3-9,16-17,21,24H,10-15,18-20H2,1-2H3. The van der Waals surface area contributed by atoms with Gasteiger partial charge in [-0.1, -0.05) is 29.8 Å². The number of carbonyl (C=O) groups is 1. The third kappa shape index (κ3) is 5.65. The molecule has 0 spiro atoms. The van der Waals surface area contributed by atoms with Crippen LogP contribution in [0.4, 0.5) is 13.2 Å². The summed E-state index contributed by atoms with van der Waals surface area (Å²) in [4.78, 5) is 19.5. The topological polar surface area (TPSA) is 65.8 Å². The number of hydrogen-bond acceptors (Lipinski definition) is 6. The molecule has 0 amide bonds. The highest BCUT2D eigenvalue weighted by Gasteiger charge is 2.51. The Balaban J connectivity index is 1.12. The minimum atomic E-state index is -3.21. The van der Waals surface area contributed by atoms with E-state index in [-0.39, 0.29) is 33.9 Å². The zero-order valence-corrected chi connectivity index (χ0v) is 26.5. The largest absolute Gasteiger partial charge is 0.482 e. The molecule has 3 aromatic carbocycles. The summed E-state index contributed by atoms with van der Waals surface area (Å²) in [6.45, 7) is 4.94. The van der Waals surface area contributed by atoms with Gasteiger partial charge in [-0.2, -0.15) is 0 Å². The van der Waals surface area contributed by atoms with Crippen LogP contribution >= 0.6 is 11.6 Å². The van der Waals surface area contributed by atoms with E-state index < -0.39 is 29.7 Å². The maximum atomic E-state index is 15.7. The van der Waals surface area contributed by atoms with E-state index in [0.717, 1.165) is 67.4 Å². The Hall–Kier alpha value is -3.60. The van der Waals surface area contributed by atoms with Crippen LogP contribution in [-0.4, -0.2) is 53.3 Å². The van der Waals surface area contributed by atoms with Crippen molar-refractivity contribution in [1.82, 2.24) is 14.5 Å². The van der Waals surface area contributed by atoms with E-state index in [4.69, 9.17) is 30.8 Å². The highest BCUT2D eigenvalue weighted by atomic mass is 35.5. The Morgan fingerprint density at radius 1 is 1.09 bits per heavy atom. The average molecular weight is 654 g/mol. The molecule has 4 aromatic rings. The fourth-order valence-corrected chi connectivity index (χ4v) is 7.26. The first-order valence-electron chi connectivity index (χ1n) is 15.6. The zero-order chi connectivity index (χ0) is 32.2. The number of fused-ring (bicyclic) bond motifs is 2. The molecular weight excluding hydrogens is 619 g/mol. The molecule has 242 valence electrons. The summed E-state index contributed by atoms with van der Waals surface area (Å²) in [7, 11) is 1.36. The van der Waals surface area contributed by atoms with Gasteiger partial charge in [0.05, 0.1) is 54.9 Å². The van der Waals surface area contributed by atoms with E-state index in [1.807, 2.05) is 18.2 Å². The van der Waals surface area contributed by atoms with Crippen LogP contribution in [0.3, 0.4) is 0 Å². The molecule has 1 aromatic heterocycles. The number of esters is 1. The number of halogens is 4. The van der Waals surface area contributed by atoms with Gasteiger partial charge in [0.2, 0.25) is 0 Å². The highest BCUT2D eigenvalue weighted by molar-refractivity contribution is 6.30. The molecule has 2 saturated heterocycles. The van der Waals surface area contributed by atoms with Crippen LogP contribution in [0.2, 0.25) is 5.02 Å². The Kier molecular flexibility index (Phi) is 8.02. The van der Waals surface area contributed by atoms with E-state index in [2.05, 4.69) is 9.47 Å². The molecule has 2 atom stereocenters. The smallest absolute Gasteiger partial charge is 0.337 e. The van der Waals surface area contributed by atoms with Gasteiger partial charge in [-0.15, -0.1) is 0 Å². The normalized spacial score (nSPS) is 23.0. The Bertz CT molecular complexity index is 1800. The van der Waals surface area contributed by atoms with Gasteiger partial charge in [-0.3, -0.25) is 4.90 Å². The summed E-state index contributed by atoms with van der Waals surface area (Å²) in [5.41, 5.74) is 1.18. The first-order valence-corrected chi connectivity index (χ1v) is 16.0. The minimum Gasteiger partial charge on any atom is -0.482 e. The summed E-state index contributed by atoms with van der Waals surface area (Å²) in [5.74, 6) is -3.26. The van der Waals surface area contributed by atoms with Crippen molar-refractivity contribution in [3.8, 4) is 5.75 Å². The third-order valence-corrected chi connectivity index (χ3v) is 9.88. The van der Waals surface area contributed by atoms with Crippen LogP contribution in [-0.2, 0) is 34.1 Å². The van der Waals surface area contributed by atoms with Gasteiger partial charge in [0, 0.05) is 17.2 Å². The number of piperidine rings is 1. The monoisotopic (exact) mass is 653 g/mol. The maximum Gasteiger partial charge on any atom is 0.337 e. The molecular formula is C35H35ClF3N3O4. The molecule has 2 unspecified atom stereocenters. The van der Waals surface area contributed by atoms with Crippen LogP contribution < -0.4 is 4.74 Å². The molecule has 3 aliphatic heterocycles. The summed E-state index contributed by atoms with van der Waals surface area (Å²) in [5, 5.41) is 0.193. The predicted molar refractivity (Wildman–Crippen MR) is 167 cm³/mol. The molecule has 46 heavy (non-hydrogen) atoms. The number of hydrogen-bond donors (Lipinski definition) is 0. The molecule has 0 aliphatic carbocycles. The van der Waals surface area contributed by atoms with Crippen molar-refractivity contribution >= 4 is 28.6 Å². The number of likely N-dealkylation sites (tertiary alicyclic amines) is 1. The number of carbonyl (C=O) groups excluding carboxylic acids is 1. The van der Waals surface area contributed by atoms with E-state index >= 15 is 8.78 Å². The fraction of sp³-hybridized carbons (Fsp3) is 0.429. The lowest BCUT2D eigenvalue weighted by molar-refractivity contribution is -0.105. The number of rotatable bonds is 7. The Morgan fingerprint density at radius 2 is 1.87 bits per heavy atom. The van der Waals surface area contributed by atoms with Crippen LogP contribution in [0.1, 0.15) is 71.4 Å². The van der Waals surface area contributed by atoms with Gasteiger partial charge in [0.25, 0.3) is 5.92 Å². The van der Waals surface area contributed by atoms with Crippen LogP contribution in [0.5, 0.6) is 5.75 Å². The van der Waals surface area contributed by atoms with Gasteiger partial charge in [-0.25, -0.2) is 22.9 Å². The van der Waals surface area contributed by atoms with Crippen molar-refractivity contribution in [1.29, 1.82) is 0 Å². The predicted octanol–water partition coefficient (Wildman–Crippen LogP) is 7.57. The number of benzene rings is 3. The number of ether oxygens (including phenoxy) is 3. The maximum absolute atomic E-state index is 15.7. The summed E-state index contributed by atoms with van der Waals surface area (Å²) >= 11 is 5.95. The Morgan fingerprint density at radius 3 is 2.57 bits per heavy atom. The quantitative estimate of drug-likeness (QED) is 0.192. The van der Waals surface area contributed by atoms with Crippen molar-refractivity contribution < 1.29 is 32.2 Å². The molecule has 3 aliphatic rings. The Labute approximate surface area is 270 Å². The van der Waals surface area contributed by atoms with Crippen LogP contribution in [0.15, 0.2) is 54.6 Å². The van der Waals surface area contributed by atoms with E-state index in [9.17, 15) is 9.18 Å². The molecule has 7 nitrogen and oxygen atoms in total. The molecule has 11 heteroatoms. The van der Waals surface area contributed by atoms with Gasteiger partial charge >= 0.3 is 5.97 Å². The number of methoxy groups -OCH3 is 1. The van der Waals surface area contributed by atoms with Gasteiger partial charge in [-0.05, 0) is 87.2 Å². The molecule has 0 saturated carbocycles. The second-order valence-corrected chi connectivity index (χ2v) is 13.2. The van der Waals surface area contributed by atoms with Gasteiger partial charge in [0.1, 0.15) is 23.0 Å². The van der Waals surface area contributed by atoms with Crippen molar-refractivity contribution in [2.45, 2.75) is 69.2 Å². The summed E-state index contributed by atoms with van der Waals surface area (Å²) in [6.07, 6.45) is 1.85. The second kappa shape index (κ2) is 11.9. The van der Waals surface area contributed by atoms with Crippen molar-refractivity contribution in [3.05, 3.63) is 93.5 Å². The van der Waals surface area contributed by atoms with Crippen molar-refractivity contribution in [3.63, 3.8) is 0 Å². The van der Waals surface area contributed by atoms with Crippen LogP contribution in [0.25, 0.3) is 11.0 Å². The van der Waals surface area contributed by atoms with E-state index in [1.54, 1.807) is 12.1 Å². The first kappa shape index (κ1) is 31.0. The van der Waals surface area contributed by atoms with Gasteiger partial charge < -0.3 is 18.8 Å². The molecule has 4 heterocycles. The molecule has 0 bridgehead atoms. The lowest BCUT2D eigenvalue weighted by atomic mass is 9.80. The number of imidazole rings is 1. The summed E-state index contributed by atoms with van der Waals surface area (Å²) < 4.78 is 65.6. The zero-order valence-electron chi connectivity index (χ0n) is 25.7. The molecule has 0 N–H and O–H groups in total. The number of alkyl halides is 2. The van der Waals surface area contributed by atoms with E-state index in [1.165, 1.54) is 32.2 Å². The molecule has 0 radical (unpaired) electrons. The molecule has 2 fully saturated rings. The fourth-order valence-electron chi connectivity index (χ4n) is 7.10. The summed E-state index contributed by atoms with van der Waals surface area (Å²) in [6, 6.07) is 14.4.